The van der Waals surface area contributed by atoms with Crippen LogP contribution in [-0.2, 0) is 6.42 Å². The van der Waals surface area contributed by atoms with E-state index in [-0.39, 0.29) is 0 Å². The van der Waals surface area contributed by atoms with E-state index in [1.54, 1.807) is 12.1 Å². The minimum absolute atomic E-state index is 0.527. The van der Waals surface area contributed by atoms with Crippen molar-refractivity contribution in [1.29, 1.82) is 5.26 Å². The Morgan fingerprint density at radius 3 is 2.89 bits per heavy atom. The van der Waals surface area contributed by atoms with Gasteiger partial charge in [-0.25, -0.2) is 0 Å². The molecule has 2 aromatic carbocycles. The van der Waals surface area contributed by atoms with Crippen LogP contribution in [-0.4, -0.2) is 6.54 Å². The lowest BCUT2D eigenvalue weighted by Gasteiger charge is -2.30. The second-order valence-electron chi connectivity index (χ2n) is 4.89. The van der Waals surface area contributed by atoms with Gasteiger partial charge in [0, 0.05) is 23.8 Å². The summed E-state index contributed by atoms with van der Waals surface area (Å²) < 4.78 is 0. The van der Waals surface area contributed by atoms with Gasteiger partial charge in [-0.3, -0.25) is 0 Å². The summed E-state index contributed by atoms with van der Waals surface area (Å²) in [5, 5.41) is 12.3. The fourth-order valence-corrected chi connectivity index (χ4v) is 2.55. The van der Waals surface area contributed by atoms with Crippen LogP contribution < -0.4 is 11.1 Å². The van der Waals surface area contributed by atoms with E-state index in [1.807, 2.05) is 6.07 Å². The molecule has 3 rings (SSSR count). The number of nitrogen functional groups attached to an aromatic ring is 1. The lowest BCUT2D eigenvalue weighted by molar-refractivity contribution is 0.636. The first-order valence-electron chi connectivity index (χ1n) is 6.39. The number of benzene rings is 2. The standard InChI is InChI=1S/C16H15N3/c17-9-12-8-14(5-6-16(12)18)19-10-13-7-11-3-1-2-4-15(11)13/h1-6,8,13,19H,7,10,18H2. The van der Waals surface area contributed by atoms with Crippen molar-refractivity contribution in [3.63, 3.8) is 0 Å². The number of nitrogens with two attached hydrogens (primary N) is 1. The van der Waals surface area contributed by atoms with E-state index in [4.69, 9.17) is 11.0 Å². The van der Waals surface area contributed by atoms with Gasteiger partial charge in [-0.15, -0.1) is 0 Å². The van der Waals surface area contributed by atoms with Gasteiger partial charge in [0.25, 0.3) is 0 Å². The first-order chi connectivity index (χ1) is 9.28. The molecule has 2 aromatic rings. The molecular weight excluding hydrogens is 234 g/mol. The van der Waals surface area contributed by atoms with Crippen molar-refractivity contribution in [2.45, 2.75) is 12.3 Å². The van der Waals surface area contributed by atoms with Crippen LogP contribution in [0.5, 0.6) is 0 Å². The van der Waals surface area contributed by atoms with Crippen molar-refractivity contribution in [2.75, 3.05) is 17.6 Å². The first kappa shape index (κ1) is 11.6. The van der Waals surface area contributed by atoms with Crippen LogP contribution in [0.2, 0.25) is 0 Å². The SMILES string of the molecule is N#Cc1cc(NCC2Cc3ccccc32)ccc1N. The molecule has 0 bridgehead atoms. The number of nitriles is 1. The molecule has 3 nitrogen and oxygen atoms in total. The zero-order valence-corrected chi connectivity index (χ0v) is 10.6. The van der Waals surface area contributed by atoms with E-state index < -0.39 is 0 Å². The molecule has 1 aliphatic rings. The molecule has 3 heteroatoms. The van der Waals surface area contributed by atoms with Gasteiger partial charge >= 0.3 is 0 Å². The maximum Gasteiger partial charge on any atom is 0.101 e. The number of hydrogen-bond acceptors (Lipinski definition) is 3. The highest BCUT2D eigenvalue weighted by atomic mass is 14.9. The van der Waals surface area contributed by atoms with Crippen LogP contribution in [0.1, 0.15) is 22.6 Å². The van der Waals surface area contributed by atoms with Crippen molar-refractivity contribution in [1.82, 2.24) is 0 Å². The predicted octanol–water partition coefficient (Wildman–Crippen LogP) is 2.89. The van der Waals surface area contributed by atoms with Crippen molar-refractivity contribution in [2.24, 2.45) is 0 Å². The monoisotopic (exact) mass is 249 g/mol. The lowest BCUT2D eigenvalue weighted by Crippen LogP contribution is -2.24. The smallest absolute Gasteiger partial charge is 0.101 e. The molecule has 0 saturated carbocycles. The molecule has 0 fully saturated rings. The zero-order valence-electron chi connectivity index (χ0n) is 10.6. The van der Waals surface area contributed by atoms with Gasteiger partial charge in [0.1, 0.15) is 6.07 Å². The molecule has 0 saturated heterocycles. The molecule has 94 valence electrons. The number of hydrogen-bond donors (Lipinski definition) is 2. The largest absolute Gasteiger partial charge is 0.398 e. The topological polar surface area (TPSA) is 61.8 Å². The Morgan fingerprint density at radius 2 is 2.11 bits per heavy atom. The van der Waals surface area contributed by atoms with E-state index >= 15 is 0 Å². The van der Waals surface area contributed by atoms with Gasteiger partial charge in [-0.05, 0) is 35.7 Å². The van der Waals surface area contributed by atoms with E-state index in [0.29, 0.717) is 17.2 Å². The molecule has 1 atom stereocenters. The zero-order chi connectivity index (χ0) is 13.2. The van der Waals surface area contributed by atoms with Gasteiger partial charge in [0.15, 0.2) is 0 Å². The molecule has 19 heavy (non-hydrogen) atoms. The Labute approximate surface area is 112 Å². The minimum Gasteiger partial charge on any atom is -0.398 e. The van der Waals surface area contributed by atoms with Crippen LogP contribution in [0.3, 0.4) is 0 Å². The maximum absolute atomic E-state index is 8.95. The molecule has 0 radical (unpaired) electrons. The number of fused-ring (bicyclic) bond motifs is 1. The van der Waals surface area contributed by atoms with Gasteiger partial charge in [0.2, 0.25) is 0 Å². The van der Waals surface area contributed by atoms with E-state index in [9.17, 15) is 0 Å². The third-order valence-corrected chi connectivity index (χ3v) is 3.69. The lowest BCUT2D eigenvalue weighted by atomic mass is 9.77. The molecule has 0 spiro atoms. The van der Waals surface area contributed by atoms with E-state index in [1.165, 1.54) is 11.1 Å². The van der Waals surface area contributed by atoms with Crippen LogP contribution in [0.15, 0.2) is 42.5 Å². The molecule has 1 aliphatic carbocycles. The summed E-state index contributed by atoms with van der Waals surface area (Å²) in [6.45, 7) is 0.895. The fourth-order valence-electron chi connectivity index (χ4n) is 2.55. The first-order valence-corrected chi connectivity index (χ1v) is 6.39. The molecule has 0 amide bonds. The third-order valence-electron chi connectivity index (χ3n) is 3.69. The highest BCUT2D eigenvalue weighted by Crippen LogP contribution is 2.34. The summed E-state index contributed by atoms with van der Waals surface area (Å²) in [7, 11) is 0. The maximum atomic E-state index is 8.95. The Bertz CT molecular complexity index is 655. The molecule has 0 heterocycles. The number of nitrogens with zero attached hydrogens (tertiary/aromatic N) is 1. The number of anilines is 2. The number of rotatable bonds is 3. The Hall–Kier alpha value is -2.47. The minimum atomic E-state index is 0.527. The highest BCUT2D eigenvalue weighted by Gasteiger charge is 2.24. The third kappa shape index (κ3) is 2.13. The Balaban J connectivity index is 1.67. The summed E-state index contributed by atoms with van der Waals surface area (Å²) in [4.78, 5) is 0. The molecule has 3 N–H and O–H groups in total. The van der Waals surface area contributed by atoms with Crippen molar-refractivity contribution >= 4 is 11.4 Å². The van der Waals surface area contributed by atoms with Gasteiger partial charge in [0.05, 0.1) is 5.56 Å². The molecular formula is C16H15N3. The quantitative estimate of drug-likeness (QED) is 0.822. The van der Waals surface area contributed by atoms with Gasteiger partial charge < -0.3 is 11.1 Å². The predicted molar refractivity (Wildman–Crippen MR) is 76.9 cm³/mol. The van der Waals surface area contributed by atoms with Crippen molar-refractivity contribution < 1.29 is 0 Å². The summed E-state index contributed by atoms with van der Waals surface area (Å²) in [5.41, 5.74) is 10.6. The van der Waals surface area contributed by atoms with Crippen molar-refractivity contribution in [3.05, 3.63) is 59.2 Å². The molecule has 1 unspecified atom stereocenters. The van der Waals surface area contributed by atoms with E-state index in [2.05, 4.69) is 35.7 Å². The van der Waals surface area contributed by atoms with Gasteiger partial charge in [-0.1, -0.05) is 24.3 Å². The highest BCUT2D eigenvalue weighted by molar-refractivity contribution is 5.62. The summed E-state index contributed by atoms with van der Waals surface area (Å²) in [6, 6.07) is 16.1. The average molecular weight is 249 g/mol. The summed E-state index contributed by atoms with van der Waals surface area (Å²) >= 11 is 0. The van der Waals surface area contributed by atoms with Crippen LogP contribution >= 0.6 is 0 Å². The molecule has 0 aromatic heterocycles. The van der Waals surface area contributed by atoms with E-state index in [0.717, 1.165) is 18.7 Å². The van der Waals surface area contributed by atoms with Crippen LogP contribution in [0, 0.1) is 11.3 Å². The Morgan fingerprint density at radius 1 is 1.26 bits per heavy atom. The van der Waals surface area contributed by atoms with Crippen molar-refractivity contribution in [3.8, 4) is 6.07 Å². The second-order valence-corrected chi connectivity index (χ2v) is 4.89. The average Bonchev–Trinajstić information content (AvgIpc) is 2.41. The fraction of sp³-hybridized carbons (Fsp3) is 0.188. The molecule has 0 aliphatic heterocycles. The van der Waals surface area contributed by atoms with Crippen LogP contribution in [0.4, 0.5) is 11.4 Å². The number of nitrogens with one attached hydrogen (secondary N) is 1. The van der Waals surface area contributed by atoms with Gasteiger partial charge in [-0.2, -0.15) is 5.26 Å². The second kappa shape index (κ2) is 4.66. The summed E-state index contributed by atoms with van der Waals surface area (Å²) in [6.07, 6.45) is 1.13. The van der Waals surface area contributed by atoms with Crippen LogP contribution in [0.25, 0.3) is 0 Å². The summed E-state index contributed by atoms with van der Waals surface area (Å²) in [5.74, 6) is 0.569. The normalized spacial score (nSPS) is 16.1. The Kier molecular flexibility index (Phi) is 2.85.